The Labute approximate surface area is 149 Å². The second-order valence-corrected chi connectivity index (χ2v) is 7.23. The molecule has 26 heavy (non-hydrogen) atoms. The molecule has 0 bridgehead atoms. The normalized spacial score (nSPS) is 12.3. The Morgan fingerprint density at radius 3 is 2.27 bits per heavy atom. The minimum absolute atomic E-state index is 0.0765. The number of hydrogen-bond donors (Lipinski definition) is 0. The summed E-state index contributed by atoms with van der Waals surface area (Å²) in [7, 11) is -4.22. The molecule has 1 aromatic rings. The smallest absolute Gasteiger partial charge is 0.326 e. The number of carbonyl (C=O) groups excluding carboxylic acids is 1. The van der Waals surface area contributed by atoms with Crippen LogP contribution in [0.1, 0.15) is 24.2 Å². The van der Waals surface area contributed by atoms with Crippen LogP contribution >= 0.6 is 0 Å². The number of benzene rings is 1. The highest BCUT2D eigenvalue weighted by Gasteiger charge is 2.34. The monoisotopic (exact) mass is 396 g/mol. The molecule has 0 fully saturated rings. The minimum atomic E-state index is -4.64. The number of hydrogen-bond acceptors (Lipinski definition) is 3. The molecule has 0 aliphatic heterocycles. The average molecular weight is 396 g/mol. The molecule has 146 valence electrons. The van der Waals surface area contributed by atoms with Gasteiger partial charge in [-0.05, 0) is 18.2 Å². The molecule has 0 N–H and O–H groups in total. The Morgan fingerprint density at radius 2 is 1.81 bits per heavy atom. The molecule has 5 nitrogen and oxygen atoms in total. The van der Waals surface area contributed by atoms with Gasteiger partial charge < -0.3 is 4.90 Å². The fraction of sp³-hybridized carbons (Fsp3) is 0.438. The molecule has 0 heterocycles. The van der Waals surface area contributed by atoms with Gasteiger partial charge in [-0.1, -0.05) is 19.9 Å². The van der Waals surface area contributed by atoms with Gasteiger partial charge in [-0.25, -0.2) is 12.8 Å². The third kappa shape index (κ3) is 5.28. The molecule has 10 heteroatoms. The van der Waals surface area contributed by atoms with Gasteiger partial charge in [0.05, 0.1) is 0 Å². The summed E-state index contributed by atoms with van der Waals surface area (Å²) in [5.41, 5.74) is -0.358. The predicted molar refractivity (Wildman–Crippen MR) is 88.7 cm³/mol. The Morgan fingerprint density at radius 1 is 1.23 bits per heavy atom. The Kier molecular flexibility index (Phi) is 7.34. The van der Waals surface area contributed by atoms with E-state index in [9.17, 15) is 30.8 Å². The van der Waals surface area contributed by atoms with Crippen molar-refractivity contribution in [2.45, 2.75) is 24.9 Å². The molecule has 0 aliphatic carbocycles. The largest absolute Gasteiger partial charge is 0.406 e. The predicted octanol–water partition coefficient (Wildman–Crippen LogP) is 3.05. The summed E-state index contributed by atoms with van der Waals surface area (Å²) in [5, 5.41) is 0. The van der Waals surface area contributed by atoms with Crippen LogP contribution in [0.25, 0.3) is 0 Å². The lowest BCUT2D eigenvalue weighted by atomic mass is 10.2. The lowest BCUT2D eigenvalue weighted by molar-refractivity contribution is -0.139. The van der Waals surface area contributed by atoms with Crippen molar-refractivity contribution in [2.75, 3.05) is 26.2 Å². The van der Waals surface area contributed by atoms with Crippen LogP contribution in [-0.4, -0.2) is 55.9 Å². The van der Waals surface area contributed by atoms with Crippen molar-refractivity contribution in [3.05, 3.63) is 42.2 Å². The molecule has 1 amide bonds. The van der Waals surface area contributed by atoms with Crippen molar-refractivity contribution in [2.24, 2.45) is 0 Å². The summed E-state index contributed by atoms with van der Waals surface area (Å²) < 4.78 is 77.9. The summed E-state index contributed by atoms with van der Waals surface area (Å²) in [6, 6.07) is 2.46. The molecule has 0 spiro atoms. The molecule has 0 radical (unpaired) electrons. The Hall–Kier alpha value is -1.94. The second kappa shape index (κ2) is 8.63. The molecule has 0 unspecified atom stereocenters. The third-order valence-corrected chi connectivity index (χ3v) is 5.57. The summed E-state index contributed by atoms with van der Waals surface area (Å²) in [5.74, 6) is -2.15. The number of amides is 1. The average Bonchev–Trinajstić information content (AvgIpc) is 2.53. The van der Waals surface area contributed by atoms with Gasteiger partial charge in [-0.2, -0.15) is 17.5 Å². The highest BCUT2D eigenvalue weighted by molar-refractivity contribution is 7.89. The lowest BCUT2D eigenvalue weighted by Crippen LogP contribution is -2.39. The number of rotatable bonds is 8. The number of sulfonamides is 1. The van der Waals surface area contributed by atoms with Crippen LogP contribution in [0.2, 0.25) is 0 Å². The molecule has 0 aromatic heterocycles. The van der Waals surface area contributed by atoms with E-state index in [4.69, 9.17) is 0 Å². The zero-order valence-electron chi connectivity index (χ0n) is 14.4. The van der Waals surface area contributed by atoms with Gasteiger partial charge in [0.2, 0.25) is 10.0 Å². The van der Waals surface area contributed by atoms with E-state index in [1.54, 1.807) is 13.8 Å². The van der Waals surface area contributed by atoms with Crippen molar-refractivity contribution >= 4 is 15.9 Å². The van der Waals surface area contributed by atoms with Gasteiger partial charge in [0.15, 0.2) is 0 Å². The van der Waals surface area contributed by atoms with Gasteiger partial charge in [-0.3, -0.25) is 4.79 Å². The van der Waals surface area contributed by atoms with E-state index in [-0.39, 0.29) is 18.7 Å². The highest BCUT2D eigenvalue weighted by Crippen LogP contribution is 2.23. The van der Waals surface area contributed by atoms with Crippen molar-refractivity contribution < 1.29 is 30.8 Å². The maximum absolute atomic E-state index is 14.1. The standard InChI is InChI=1S/C16H20F4N2O3S/c1-4-9-21(11-16(18,19)20)15(23)12-7-8-13(17)14(10-12)26(24,25)22(5-2)6-3/h4,7-8,10H,1,5-6,9,11H2,2-3H3. The van der Waals surface area contributed by atoms with Crippen molar-refractivity contribution in [1.82, 2.24) is 9.21 Å². The van der Waals surface area contributed by atoms with E-state index in [0.29, 0.717) is 4.90 Å². The summed E-state index contributed by atoms with van der Waals surface area (Å²) in [4.78, 5) is 12.1. The van der Waals surface area contributed by atoms with Gasteiger partial charge in [0.25, 0.3) is 5.91 Å². The van der Waals surface area contributed by atoms with Crippen LogP contribution in [0.3, 0.4) is 0 Å². The minimum Gasteiger partial charge on any atom is -0.326 e. The first-order valence-corrected chi connectivity index (χ1v) is 9.18. The van der Waals surface area contributed by atoms with Crippen LogP contribution in [-0.2, 0) is 10.0 Å². The maximum Gasteiger partial charge on any atom is 0.406 e. The fourth-order valence-electron chi connectivity index (χ4n) is 2.31. The number of halogens is 4. The zero-order valence-corrected chi connectivity index (χ0v) is 15.2. The van der Waals surface area contributed by atoms with E-state index < -0.39 is 45.9 Å². The van der Waals surface area contributed by atoms with E-state index in [2.05, 4.69) is 6.58 Å². The lowest BCUT2D eigenvalue weighted by Gasteiger charge is -2.23. The summed E-state index contributed by atoms with van der Waals surface area (Å²) >= 11 is 0. The third-order valence-electron chi connectivity index (χ3n) is 3.51. The van der Waals surface area contributed by atoms with Crippen molar-refractivity contribution in [3.8, 4) is 0 Å². The number of carbonyl (C=O) groups is 1. The van der Waals surface area contributed by atoms with Crippen molar-refractivity contribution in [1.29, 1.82) is 0 Å². The number of alkyl halides is 3. The summed E-state index contributed by atoms with van der Waals surface area (Å²) in [6.45, 7) is 4.64. The molecular formula is C16H20F4N2O3S. The van der Waals surface area contributed by atoms with Crippen LogP contribution in [0.15, 0.2) is 35.7 Å². The van der Waals surface area contributed by atoms with Gasteiger partial charge >= 0.3 is 6.18 Å². The SMILES string of the molecule is C=CCN(CC(F)(F)F)C(=O)c1ccc(F)c(S(=O)(=O)N(CC)CC)c1. The van der Waals surface area contributed by atoms with E-state index >= 15 is 0 Å². The van der Waals surface area contributed by atoms with Crippen molar-refractivity contribution in [3.63, 3.8) is 0 Å². The van der Waals surface area contributed by atoms with E-state index in [1.165, 1.54) is 0 Å². The first kappa shape index (κ1) is 22.1. The van der Waals surface area contributed by atoms with Gasteiger partial charge in [0.1, 0.15) is 17.3 Å². The van der Waals surface area contributed by atoms with E-state index in [1.807, 2.05) is 0 Å². The van der Waals surface area contributed by atoms with Crippen LogP contribution in [0.5, 0.6) is 0 Å². The molecule has 1 rings (SSSR count). The molecule has 0 saturated heterocycles. The van der Waals surface area contributed by atoms with Gasteiger partial charge in [-0.15, -0.1) is 6.58 Å². The maximum atomic E-state index is 14.1. The zero-order chi connectivity index (χ0) is 20.1. The first-order chi connectivity index (χ1) is 12.0. The first-order valence-electron chi connectivity index (χ1n) is 7.74. The molecule has 0 aliphatic rings. The number of nitrogens with zero attached hydrogens (tertiary/aromatic N) is 2. The fourth-order valence-corrected chi connectivity index (χ4v) is 3.86. The quantitative estimate of drug-likeness (QED) is 0.501. The highest BCUT2D eigenvalue weighted by atomic mass is 32.2. The van der Waals surface area contributed by atoms with E-state index in [0.717, 1.165) is 28.6 Å². The van der Waals surface area contributed by atoms with Crippen LogP contribution in [0.4, 0.5) is 17.6 Å². The molecule has 0 saturated carbocycles. The Bertz CT molecular complexity index is 759. The van der Waals surface area contributed by atoms with Crippen LogP contribution < -0.4 is 0 Å². The second-order valence-electron chi connectivity index (χ2n) is 5.32. The Balaban J connectivity index is 3.34. The molecule has 1 aromatic carbocycles. The van der Waals surface area contributed by atoms with Gasteiger partial charge in [0, 0.05) is 25.2 Å². The molecule has 0 atom stereocenters. The molecular weight excluding hydrogens is 376 g/mol. The topological polar surface area (TPSA) is 57.7 Å². The van der Waals surface area contributed by atoms with Crippen LogP contribution in [0, 0.1) is 5.82 Å². The summed E-state index contributed by atoms with van der Waals surface area (Å²) in [6.07, 6.45) is -3.53.